The van der Waals surface area contributed by atoms with Crippen LogP contribution in [0, 0.1) is 11.8 Å². The highest BCUT2D eigenvalue weighted by molar-refractivity contribution is 6.05. The molecule has 3 saturated heterocycles. The quantitative estimate of drug-likeness (QED) is 0.829. The van der Waals surface area contributed by atoms with Crippen LogP contribution >= 0.6 is 0 Å². The van der Waals surface area contributed by atoms with Crippen LogP contribution in [0.15, 0.2) is 18.2 Å². The van der Waals surface area contributed by atoms with E-state index in [0.29, 0.717) is 50.0 Å². The molecule has 0 radical (unpaired) electrons. The number of ketones is 1. The summed E-state index contributed by atoms with van der Waals surface area (Å²) in [5.74, 6) is 0.785. The first-order valence-electron chi connectivity index (χ1n) is 10.9. The van der Waals surface area contributed by atoms with E-state index < -0.39 is 0 Å². The monoisotopic (exact) mass is 396 g/mol. The first-order chi connectivity index (χ1) is 14.0. The van der Waals surface area contributed by atoms with Crippen LogP contribution in [0.25, 0.3) is 0 Å². The zero-order valence-corrected chi connectivity index (χ0v) is 16.9. The molecule has 0 unspecified atom stereocenters. The van der Waals surface area contributed by atoms with E-state index in [-0.39, 0.29) is 41.1 Å². The van der Waals surface area contributed by atoms with Gasteiger partial charge in [0, 0.05) is 48.9 Å². The second kappa shape index (κ2) is 6.94. The van der Waals surface area contributed by atoms with E-state index in [0.717, 1.165) is 24.8 Å². The van der Waals surface area contributed by atoms with Crippen molar-refractivity contribution in [1.29, 1.82) is 0 Å². The molecule has 0 saturated carbocycles. The number of carbonyl (C=O) groups is 3. The lowest BCUT2D eigenvalue weighted by Crippen LogP contribution is -2.41. The van der Waals surface area contributed by atoms with Gasteiger partial charge in [0.05, 0.1) is 18.2 Å². The van der Waals surface area contributed by atoms with E-state index in [1.54, 1.807) is 0 Å². The van der Waals surface area contributed by atoms with Gasteiger partial charge in [-0.3, -0.25) is 14.4 Å². The number of rotatable bonds is 5. The number of nitrogens with zero attached hydrogens (tertiary/aromatic N) is 1. The van der Waals surface area contributed by atoms with E-state index in [4.69, 9.17) is 4.74 Å². The Labute approximate surface area is 171 Å². The van der Waals surface area contributed by atoms with Crippen LogP contribution in [0.4, 0.5) is 0 Å². The Kier molecular flexibility index (Phi) is 4.50. The maximum absolute atomic E-state index is 13.4. The predicted octanol–water partition coefficient (Wildman–Crippen LogP) is 2.35. The average Bonchev–Trinajstić information content (AvgIpc) is 3.45. The zero-order chi connectivity index (χ0) is 20.2. The minimum atomic E-state index is -0.256. The van der Waals surface area contributed by atoms with Crippen molar-refractivity contribution in [3.8, 4) is 0 Å². The molecule has 5 rings (SSSR count). The first-order valence-corrected chi connectivity index (χ1v) is 10.9. The highest BCUT2D eigenvalue weighted by atomic mass is 16.5. The Balaban J connectivity index is 1.33. The van der Waals surface area contributed by atoms with E-state index >= 15 is 0 Å². The molecule has 6 heteroatoms. The summed E-state index contributed by atoms with van der Waals surface area (Å²) in [7, 11) is 0. The molecular weight excluding hydrogens is 368 g/mol. The fraction of sp³-hybridized carbons (Fsp3) is 0.609. The van der Waals surface area contributed by atoms with Crippen molar-refractivity contribution in [3.05, 3.63) is 34.9 Å². The molecule has 154 valence electrons. The van der Waals surface area contributed by atoms with Gasteiger partial charge in [-0.25, -0.2) is 0 Å². The Morgan fingerprint density at radius 1 is 1.31 bits per heavy atom. The molecule has 1 N–H and O–H groups in total. The highest BCUT2D eigenvalue weighted by Crippen LogP contribution is 2.54. The molecule has 1 aromatic carbocycles. The molecule has 2 bridgehead atoms. The molecule has 0 aromatic heterocycles. The molecular formula is C23H28N2O4. The third-order valence-corrected chi connectivity index (χ3v) is 7.39. The molecule has 4 aliphatic rings. The summed E-state index contributed by atoms with van der Waals surface area (Å²) in [6.45, 7) is 3.92. The van der Waals surface area contributed by atoms with Crippen molar-refractivity contribution in [2.24, 2.45) is 11.8 Å². The van der Waals surface area contributed by atoms with E-state index in [2.05, 4.69) is 5.32 Å². The van der Waals surface area contributed by atoms with Crippen LogP contribution in [0.3, 0.4) is 0 Å². The second-order valence-electron chi connectivity index (χ2n) is 9.02. The van der Waals surface area contributed by atoms with Crippen LogP contribution in [-0.2, 0) is 16.0 Å². The van der Waals surface area contributed by atoms with Crippen molar-refractivity contribution in [2.75, 3.05) is 19.6 Å². The van der Waals surface area contributed by atoms with Gasteiger partial charge in [0.1, 0.15) is 0 Å². The van der Waals surface area contributed by atoms with Crippen LogP contribution in [-0.4, -0.2) is 53.8 Å². The van der Waals surface area contributed by atoms with Crippen molar-refractivity contribution >= 4 is 17.6 Å². The Bertz CT molecular complexity index is 882. The number of hydrogen-bond donors (Lipinski definition) is 1. The van der Waals surface area contributed by atoms with Gasteiger partial charge in [-0.05, 0) is 37.3 Å². The number of likely N-dealkylation sites (tertiary alicyclic amines) is 1. The molecule has 3 fully saturated rings. The summed E-state index contributed by atoms with van der Waals surface area (Å²) in [5.41, 5.74) is 2.04. The minimum Gasteiger partial charge on any atom is -0.369 e. The maximum atomic E-state index is 13.4. The van der Waals surface area contributed by atoms with E-state index in [9.17, 15) is 14.4 Å². The van der Waals surface area contributed by atoms with Crippen molar-refractivity contribution in [3.63, 3.8) is 0 Å². The van der Waals surface area contributed by atoms with Gasteiger partial charge in [-0.15, -0.1) is 0 Å². The number of ether oxygens (including phenoxy) is 1. The molecule has 6 nitrogen and oxygen atoms in total. The van der Waals surface area contributed by atoms with Crippen molar-refractivity contribution < 1.29 is 19.1 Å². The van der Waals surface area contributed by atoms with Crippen LogP contribution in [0.1, 0.15) is 65.3 Å². The van der Waals surface area contributed by atoms with Gasteiger partial charge in [0.25, 0.3) is 5.91 Å². The SMILES string of the molecule is CCCC(=O)NC[C@H]1[C@H]2CN(C(=O)c3cccc4c3CCC4=O)C[C@]23CC[C@H]1O3. The number of nitrogens with one attached hydrogen (secondary N) is 1. The lowest BCUT2D eigenvalue weighted by molar-refractivity contribution is -0.121. The Morgan fingerprint density at radius 2 is 2.17 bits per heavy atom. The van der Waals surface area contributed by atoms with Crippen LogP contribution in [0.5, 0.6) is 0 Å². The number of carbonyl (C=O) groups excluding carboxylic acids is 3. The van der Waals surface area contributed by atoms with Gasteiger partial charge in [0.15, 0.2) is 5.78 Å². The summed E-state index contributed by atoms with van der Waals surface area (Å²) in [4.78, 5) is 39.3. The van der Waals surface area contributed by atoms with Gasteiger partial charge < -0.3 is 15.0 Å². The Morgan fingerprint density at radius 3 is 3.00 bits per heavy atom. The smallest absolute Gasteiger partial charge is 0.254 e. The summed E-state index contributed by atoms with van der Waals surface area (Å²) >= 11 is 0. The summed E-state index contributed by atoms with van der Waals surface area (Å²) < 4.78 is 6.42. The van der Waals surface area contributed by atoms with Gasteiger partial charge in [-0.2, -0.15) is 0 Å². The van der Waals surface area contributed by atoms with Crippen molar-refractivity contribution in [1.82, 2.24) is 10.2 Å². The fourth-order valence-corrected chi connectivity index (χ4v) is 6.03. The van der Waals surface area contributed by atoms with Gasteiger partial charge >= 0.3 is 0 Å². The predicted molar refractivity (Wildman–Crippen MR) is 107 cm³/mol. The molecule has 1 aliphatic carbocycles. The Hall–Kier alpha value is -2.21. The van der Waals surface area contributed by atoms with Crippen LogP contribution in [0.2, 0.25) is 0 Å². The number of hydrogen-bond acceptors (Lipinski definition) is 4. The van der Waals surface area contributed by atoms with Crippen LogP contribution < -0.4 is 5.32 Å². The fourth-order valence-electron chi connectivity index (χ4n) is 6.03. The lowest BCUT2D eigenvalue weighted by atomic mass is 9.73. The zero-order valence-electron chi connectivity index (χ0n) is 16.9. The third kappa shape index (κ3) is 2.91. The van der Waals surface area contributed by atoms with E-state index in [1.165, 1.54) is 0 Å². The minimum absolute atomic E-state index is 0.0149. The number of fused-ring (bicyclic) bond motifs is 2. The second-order valence-corrected chi connectivity index (χ2v) is 9.02. The molecule has 1 aromatic rings. The van der Waals surface area contributed by atoms with Gasteiger partial charge in [-0.1, -0.05) is 19.1 Å². The summed E-state index contributed by atoms with van der Waals surface area (Å²) in [6, 6.07) is 5.50. The average molecular weight is 396 g/mol. The summed E-state index contributed by atoms with van der Waals surface area (Å²) in [6.07, 6.45) is 4.73. The number of amides is 2. The standard InChI is InChI=1S/C23H28N2O4/c1-2-4-21(27)24-11-17-18-12-25(13-23(18)10-9-20(17)29-23)22(28)16-6-3-5-15-14(16)7-8-19(15)26/h3,5-6,17-18,20H,2,4,7-13H2,1H3,(H,24,27)/t17-,18+,20+,23+/m0/s1. The molecule has 29 heavy (non-hydrogen) atoms. The third-order valence-electron chi connectivity index (χ3n) is 7.39. The maximum Gasteiger partial charge on any atom is 0.254 e. The topological polar surface area (TPSA) is 75.7 Å². The molecule has 1 spiro atoms. The molecule has 4 atom stereocenters. The lowest BCUT2D eigenvalue weighted by Gasteiger charge is -2.29. The normalized spacial score (nSPS) is 31.8. The largest absolute Gasteiger partial charge is 0.369 e. The number of benzene rings is 1. The van der Waals surface area contributed by atoms with Crippen molar-refractivity contribution in [2.45, 2.75) is 57.2 Å². The molecule has 2 amide bonds. The molecule has 3 heterocycles. The highest BCUT2D eigenvalue weighted by Gasteiger charge is 2.63. The van der Waals surface area contributed by atoms with E-state index in [1.807, 2.05) is 30.0 Å². The summed E-state index contributed by atoms with van der Waals surface area (Å²) in [5, 5.41) is 3.07. The number of Topliss-reactive ketones (excluding diaryl/α,β-unsaturated/α-hetero) is 1. The molecule has 3 aliphatic heterocycles. The first kappa shape index (κ1) is 18.8. The van der Waals surface area contributed by atoms with Gasteiger partial charge in [0.2, 0.25) is 5.91 Å².